The molecule has 5 heteroatoms. The molecule has 0 bridgehead atoms. The highest BCUT2D eigenvalue weighted by atomic mass is 16.5. The lowest BCUT2D eigenvalue weighted by molar-refractivity contribution is -0.132. The lowest BCUT2D eigenvalue weighted by Gasteiger charge is -2.31. The number of likely N-dealkylation sites (N-methyl/N-ethyl adjacent to an activating group) is 1. The van der Waals surface area contributed by atoms with Gasteiger partial charge >= 0.3 is 0 Å². The van der Waals surface area contributed by atoms with Gasteiger partial charge in [-0.3, -0.25) is 9.69 Å². The van der Waals surface area contributed by atoms with Crippen molar-refractivity contribution in [2.45, 2.75) is 32.8 Å². The minimum atomic E-state index is -0.373. The maximum Gasteiger partial charge on any atom is 0.254 e. The summed E-state index contributed by atoms with van der Waals surface area (Å²) in [5.41, 5.74) is 3.35. The first-order chi connectivity index (χ1) is 11.2. The van der Waals surface area contributed by atoms with E-state index in [1.165, 1.54) is 24.1 Å². The highest BCUT2D eigenvalue weighted by Gasteiger charge is 2.26. The van der Waals surface area contributed by atoms with E-state index in [4.69, 9.17) is 4.74 Å². The first kappa shape index (κ1) is 16.3. The molecule has 1 N–H and O–H groups in total. The number of nitrogens with zero attached hydrogens (tertiary/aromatic N) is 2. The number of hydrogen-bond acceptors (Lipinski definition) is 4. The highest BCUT2D eigenvalue weighted by Crippen LogP contribution is 2.26. The first-order valence-corrected chi connectivity index (χ1v) is 8.68. The predicted octanol–water partition coefficient (Wildman–Crippen LogP) is 2.25. The van der Waals surface area contributed by atoms with Gasteiger partial charge in [0.1, 0.15) is 6.10 Å². The Bertz CT molecular complexity index is 555. The zero-order valence-corrected chi connectivity index (χ0v) is 14.2. The number of hydrogen-bond donors (Lipinski definition) is 1. The molecule has 1 aromatic carbocycles. The number of rotatable bonds is 4. The minimum Gasteiger partial charge on any atom is -0.371 e. The predicted molar refractivity (Wildman–Crippen MR) is 93.1 cm³/mol. The second-order valence-corrected chi connectivity index (χ2v) is 6.44. The van der Waals surface area contributed by atoms with Gasteiger partial charge in [-0.2, -0.15) is 0 Å². The summed E-state index contributed by atoms with van der Waals surface area (Å²) >= 11 is 0. The third-order valence-corrected chi connectivity index (χ3v) is 4.80. The van der Waals surface area contributed by atoms with Crippen molar-refractivity contribution in [3.05, 3.63) is 23.8 Å². The highest BCUT2D eigenvalue weighted by molar-refractivity contribution is 5.94. The maximum absolute atomic E-state index is 12.4. The molecule has 2 fully saturated rings. The molecular formula is C18H27N3O2. The van der Waals surface area contributed by atoms with E-state index in [0.29, 0.717) is 13.2 Å². The average Bonchev–Trinajstić information content (AvgIpc) is 3.09. The van der Waals surface area contributed by atoms with Crippen LogP contribution in [0.2, 0.25) is 0 Å². The summed E-state index contributed by atoms with van der Waals surface area (Å²) in [5, 5.41) is 3.01. The van der Waals surface area contributed by atoms with Gasteiger partial charge in [0.05, 0.1) is 6.61 Å². The van der Waals surface area contributed by atoms with Crippen molar-refractivity contribution in [2.75, 3.05) is 49.5 Å². The van der Waals surface area contributed by atoms with Crippen molar-refractivity contribution in [1.82, 2.24) is 4.90 Å². The largest absolute Gasteiger partial charge is 0.371 e. The molecular weight excluding hydrogens is 290 g/mol. The molecule has 0 aromatic heterocycles. The fourth-order valence-corrected chi connectivity index (χ4v) is 3.42. The molecule has 2 aliphatic heterocycles. The second kappa shape index (κ2) is 7.32. The lowest BCUT2D eigenvalue weighted by atomic mass is 10.1. The summed E-state index contributed by atoms with van der Waals surface area (Å²) in [6.45, 7) is 9.65. The molecule has 5 nitrogen and oxygen atoms in total. The van der Waals surface area contributed by atoms with E-state index in [-0.39, 0.29) is 12.0 Å². The van der Waals surface area contributed by atoms with Crippen molar-refractivity contribution in [2.24, 2.45) is 0 Å². The monoisotopic (exact) mass is 317 g/mol. The van der Waals surface area contributed by atoms with Crippen molar-refractivity contribution >= 4 is 17.3 Å². The van der Waals surface area contributed by atoms with E-state index in [1.54, 1.807) is 0 Å². The number of anilines is 2. The van der Waals surface area contributed by atoms with Crippen LogP contribution in [0.3, 0.4) is 0 Å². The Morgan fingerprint density at radius 1 is 1.30 bits per heavy atom. The lowest BCUT2D eigenvalue weighted by Crippen LogP contribution is -2.47. The van der Waals surface area contributed by atoms with Gasteiger partial charge in [-0.25, -0.2) is 0 Å². The molecule has 0 aliphatic carbocycles. The van der Waals surface area contributed by atoms with Crippen molar-refractivity contribution in [3.63, 3.8) is 0 Å². The Hall–Kier alpha value is -1.59. The van der Waals surface area contributed by atoms with Gasteiger partial charge in [-0.15, -0.1) is 0 Å². The van der Waals surface area contributed by atoms with Gasteiger partial charge in [-0.05, 0) is 50.1 Å². The Labute approximate surface area is 138 Å². The number of carbonyl (C=O) groups excluding carboxylic acids is 1. The van der Waals surface area contributed by atoms with Crippen LogP contribution in [0.5, 0.6) is 0 Å². The van der Waals surface area contributed by atoms with Gasteiger partial charge in [0.15, 0.2) is 0 Å². The van der Waals surface area contributed by atoms with Crippen LogP contribution in [0.15, 0.2) is 18.2 Å². The summed E-state index contributed by atoms with van der Waals surface area (Å²) in [6, 6.07) is 6.18. The fourth-order valence-electron chi connectivity index (χ4n) is 3.42. The number of morpholine rings is 1. The maximum atomic E-state index is 12.4. The van der Waals surface area contributed by atoms with E-state index in [0.717, 1.165) is 31.9 Å². The van der Waals surface area contributed by atoms with Crippen molar-refractivity contribution in [1.29, 1.82) is 0 Å². The molecule has 1 amide bonds. The van der Waals surface area contributed by atoms with Crippen LogP contribution in [-0.4, -0.2) is 56.2 Å². The second-order valence-electron chi connectivity index (χ2n) is 6.44. The zero-order valence-electron chi connectivity index (χ0n) is 14.2. The molecule has 0 unspecified atom stereocenters. The zero-order chi connectivity index (χ0) is 16.2. The molecule has 2 saturated heterocycles. The summed E-state index contributed by atoms with van der Waals surface area (Å²) in [6.07, 6.45) is 2.16. The van der Waals surface area contributed by atoms with Crippen LogP contribution in [0, 0.1) is 6.92 Å². The smallest absolute Gasteiger partial charge is 0.254 e. The number of amides is 1. The summed E-state index contributed by atoms with van der Waals surface area (Å²) in [5.74, 6) is -0.0449. The molecule has 1 atom stereocenters. The molecule has 1 aromatic rings. The summed E-state index contributed by atoms with van der Waals surface area (Å²) < 4.78 is 5.62. The van der Waals surface area contributed by atoms with Gasteiger partial charge in [0.2, 0.25) is 0 Å². The van der Waals surface area contributed by atoms with E-state index in [2.05, 4.69) is 41.1 Å². The average molecular weight is 317 g/mol. The van der Waals surface area contributed by atoms with Crippen molar-refractivity contribution < 1.29 is 9.53 Å². The number of carbonyl (C=O) groups is 1. The van der Waals surface area contributed by atoms with E-state index < -0.39 is 0 Å². The number of aryl methyl sites for hydroxylation is 1. The van der Waals surface area contributed by atoms with Crippen LogP contribution < -0.4 is 10.2 Å². The Morgan fingerprint density at radius 3 is 2.78 bits per heavy atom. The van der Waals surface area contributed by atoms with Crippen LogP contribution in [0.1, 0.15) is 25.3 Å². The number of nitrogens with one attached hydrogen (secondary N) is 1. The topological polar surface area (TPSA) is 44.8 Å². The van der Waals surface area contributed by atoms with E-state index in [1.807, 2.05) is 6.07 Å². The third-order valence-electron chi connectivity index (χ3n) is 4.80. The molecule has 23 heavy (non-hydrogen) atoms. The molecule has 2 heterocycles. The van der Waals surface area contributed by atoms with E-state index >= 15 is 0 Å². The van der Waals surface area contributed by atoms with Crippen LogP contribution >= 0.6 is 0 Å². The summed E-state index contributed by atoms with van der Waals surface area (Å²) in [7, 11) is 0. The Balaban J connectivity index is 1.63. The van der Waals surface area contributed by atoms with Crippen LogP contribution in [-0.2, 0) is 9.53 Å². The van der Waals surface area contributed by atoms with Crippen molar-refractivity contribution in [3.8, 4) is 0 Å². The van der Waals surface area contributed by atoms with Gasteiger partial charge in [0, 0.05) is 37.6 Å². The molecule has 126 valence electrons. The number of ether oxygens (including phenoxy) is 1. The molecule has 3 rings (SSSR count). The third kappa shape index (κ3) is 3.85. The quantitative estimate of drug-likeness (QED) is 0.925. The summed E-state index contributed by atoms with van der Waals surface area (Å²) in [4.78, 5) is 17.1. The van der Waals surface area contributed by atoms with E-state index in [9.17, 15) is 4.79 Å². The minimum absolute atomic E-state index is 0.0449. The Morgan fingerprint density at radius 2 is 2.09 bits per heavy atom. The number of benzene rings is 1. The van der Waals surface area contributed by atoms with Gasteiger partial charge in [-0.1, -0.05) is 6.92 Å². The van der Waals surface area contributed by atoms with Crippen LogP contribution in [0.25, 0.3) is 0 Å². The normalized spacial score (nSPS) is 22.3. The standard InChI is InChI=1S/C18H27N3O2/c1-3-20-10-11-23-17(13-20)18(22)19-15-6-7-16(14(2)12-15)21-8-4-5-9-21/h6-7,12,17H,3-5,8-11,13H2,1-2H3,(H,19,22)/t17-/m0/s1. The fraction of sp³-hybridized carbons (Fsp3) is 0.611. The van der Waals surface area contributed by atoms with Crippen LogP contribution in [0.4, 0.5) is 11.4 Å². The molecule has 0 spiro atoms. The molecule has 0 saturated carbocycles. The molecule has 0 radical (unpaired) electrons. The van der Waals surface area contributed by atoms with Gasteiger partial charge < -0.3 is 15.0 Å². The first-order valence-electron chi connectivity index (χ1n) is 8.68. The SMILES string of the molecule is CCN1CCO[C@H](C(=O)Nc2ccc(N3CCCC3)c(C)c2)C1. The molecule has 2 aliphatic rings. The Kier molecular flexibility index (Phi) is 5.18. The van der Waals surface area contributed by atoms with Gasteiger partial charge in [0.25, 0.3) is 5.91 Å².